The number of rotatable bonds is 11. The first-order valence-electron chi connectivity index (χ1n) is 11.7. The SMILES string of the molecule is O=C(CCCOCC1CC1)c1ccc2nn(CC3CCCCC3)cc2c1OCC(F)(F)F. The van der Waals surface area contributed by atoms with Crippen molar-refractivity contribution < 1.29 is 27.4 Å². The van der Waals surface area contributed by atoms with Crippen molar-refractivity contribution in [2.75, 3.05) is 19.8 Å². The fraction of sp³-hybridized carbons (Fsp3) is 0.667. The maximum Gasteiger partial charge on any atom is 0.422 e. The summed E-state index contributed by atoms with van der Waals surface area (Å²) < 4.78 is 51.2. The Morgan fingerprint density at radius 2 is 1.88 bits per heavy atom. The number of carbonyl (C=O) groups is 1. The van der Waals surface area contributed by atoms with Crippen LogP contribution in [0, 0.1) is 11.8 Å². The predicted molar refractivity (Wildman–Crippen MR) is 115 cm³/mol. The first kappa shape index (κ1) is 23.1. The molecule has 176 valence electrons. The van der Waals surface area contributed by atoms with Crippen LogP contribution in [0.1, 0.15) is 68.1 Å². The van der Waals surface area contributed by atoms with Crippen molar-refractivity contribution in [3.63, 3.8) is 0 Å². The van der Waals surface area contributed by atoms with Gasteiger partial charge in [-0.3, -0.25) is 9.48 Å². The van der Waals surface area contributed by atoms with E-state index in [1.807, 2.05) is 0 Å². The van der Waals surface area contributed by atoms with Crippen LogP contribution in [0.3, 0.4) is 0 Å². The number of ketones is 1. The number of carbonyl (C=O) groups excluding carboxylic acids is 1. The van der Waals surface area contributed by atoms with Crippen molar-refractivity contribution >= 4 is 16.7 Å². The molecule has 8 heteroatoms. The van der Waals surface area contributed by atoms with Crippen molar-refractivity contribution in [3.05, 3.63) is 23.9 Å². The number of nitrogens with zero attached hydrogens (tertiary/aromatic N) is 2. The van der Waals surface area contributed by atoms with Crippen LogP contribution < -0.4 is 4.74 Å². The summed E-state index contributed by atoms with van der Waals surface area (Å²) in [6.07, 6.45) is 6.31. The summed E-state index contributed by atoms with van der Waals surface area (Å²) in [6, 6.07) is 3.24. The van der Waals surface area contributed by atoms with Gasteiger partial charge in [-0.2, -0.15) is 18.3 Å². The number of ether oxygens (including phenoxy) is 2. The van der Waals surface area contributed by atoms with E-state index in [4.69, 9.17) is 9.47 Å². The fourth-order valence-electron chi connectivity index (χ4n) is 4.38. The third-order valence-electron chi connectivity index (χ3n) is 6.28. The lowest BCUT2D eigenvalue weighted by Crippen LogP contribution is -2.20. The Hall–Kier alpha value is -2.09. The predicted octanol–water partition coefficient (Wildman–Crippen LogP) is 5.95. The standard InChI is InChI=1S/C24H31F3N2O3/c25-24(26,27)16-32-23-19(22(30)7-4-12-31-15-18-8-9-18)10-11-21-20(23)14-29(28-21)13-17-5-2-1-3-6-17/h10-11,14,17-18H,1-9,12-13,15-16H2. The molecule has 0 bridgehead atoms. The highest BCUT2D eigenvalue weighted by molar-refractivity contribution is 6.04. The van der Waals surface area contributed by atoms with E-state index in [2.05, 4.69) is 5.10 Å². The second-order valence-electron chi connectivity index (χ2n) is 9.18. The van der Waals surface area contributed by atoms with Crippen LogP contribution in [0.25, 0.3) is 10.9 Å². The highest BCUT2D eigenvalue weighted by Gasteiger charge is 2.30. The van der Waals surface area contributed by atoms with E-state index in [1.165, 1.54) is 32.1 Å². The molecule has 5 nitrogen and oxygen atoms in total. The molecule has 0 N–H and O–H groups in total. The monoisotopic (exact) mass is 452 g/mol. The molecular formula is C24H31F3N2O3. The number of alkyl halides is 3. The second kappa shape index (κ2) is 10.2. The molecule has 2 fully saturated rings. The fourth-order valence-corrected chi connectivity index (χ4v) is 4.38. The van der Waals surface area contributed by atoms with Crippen molar-refractivity contribution in [1.82, 2.24) is 9.78 Å². The molecule has 2 aliphatic rings. The number of aromatic nitrogens is 2. The molecule has 1 aromatic heterocycles. The van der Waals surface area contributed by atoms with E-state index >= 15 is 0 Å². The summed E-state index contributed by atoms with van der Waals surface area (Å²) in [6.45, 7) is 0.489. The number of hydrogen-bond acceptors (Lipinski definition) is 4. The van der Waals surface area contributed by atoms with Gasteiger partial charge >= 0.3 is 6.18 Å². The summed E-state index contributed by atoms with van der Waals surface area (Å²) in [5.74, 6) is 0.924. The normalized spacial score (nSPS) is 17.7. The summed E-state index contributed by atoms with van der Waals surface area (Å²) in [5, 5.41) is 5.00. The highest BCUT2D eigenvalue weighted by atomic mass is 19.4. The minimum Gasteiger partial charge on any atom is -0.483 e. The summed E-state index contributed by atoms with van der Waals surface area (Å²) in [4.78, 5) is 12.8. The third-order valence-corrected chi connectivity index (χ3v) is 6.28. The lowest BCUT2D eigenvalue weighted by molar-refractivity contribution is -0.153. The average molecular weight is 453 g/mol. The molecule has 0 atom stereocenters. The molecule has 0 amide bonds. The number of benzene rings is 1. The first-order chi connectivity index (χ1) is 15.4. The topological polar surface area (TPSA) is 53.3 Å². The van der Waals surface area contributed by atoms with E-state index in [1.54, 1.807) is 23.0 Å². The smallest absolute Gasteiger partial charge is 0.422 e. The molecule has 32 heavy (non-hydrogen) atoms. The molecule has 1 aromatic carbocycles. The van der Waals surface area contributed by atoms with Gasteiger partial charge in [-0.1, -0.05) is 19.3 Å². The van der Waals surface area contributed by atoms with Crippen molar-refractivity contribution in [1.29, 1.82) is 0 Å². The van der Waals surface area contributed by atoms with Gasteiger partial charge in [0, 0.05) is 32.4 Å². The largest absolute Gasteiger partial charge is 0.483 e. The van der Waals surface area contributed by atoms with Gasteiger partial charge in [0.25, 0.3) is 0 Å². The number of hydrogen-bond donors (Lipinski definition) is 0. The maximum atomic E-state index is 12.9. The van der Waals surface area contributed by atoms with Crippen molar-refractivity contribution in [2.24, 2.45) is 11.8 Å². The number of Topliss-reactive ketones (excluding diaryl/α,β-unsaturated/α-hetero) is 1. The molecule has 2 saturated carbocycles. The number of halogens is 3. The molecule has 2 aliphatic carbocycles. The van der Waals surface area contributed by atoms with E-state index < -0.39 is 12.8 Å². The molecule has 2 aromatic rings. The molecule has 0 radical (unpaired) electrons. The van der Waals surface area contributed by atoms with Gasteiger partial charge in [0.2, 0.25) is 0 Å². The molecular weight excluding hydrogens is 421 g/mol. The van der Waals surface area contributed by atoms with Crippen molar-refractivity contribution in [3.8, 4) is 5.75 Å². The Morgan fingerprint density at radius 1 is 1.09 bits per heavy atom. The minimum absolute atomic E-state index is 0.0152. The summed E-state index contributed by atoms with van der Waals surface area (Å²) in [5.41, 5.74) is 0.725. The molecule has 0 spiro atoms. The van der Waals surface area contributed by atoms with E-state index in [0.29, 0.717) is 35.8 Å². The first-order valence-corrected chi connectivity index (χ1v) is 11.7. The lowest BCUT2D eigenvalue weighted by Gasteiger charge is -2.21. The zero-order chi connectivity index (χ0) is 22.6. The van der Waals surface area contributed by atoms with Crippen LogP contribution in [0.4, 0.5) is 13.2 Å². The quantitative estimate of drug-likeness (QED) is 0.312. The van der Waals surface area contributed by atoms with Crippen LogP contribution in [-0.4, -0.2) is 41.6 Å². The van der Waals surface area contributed by atoms with Gasteiger partial charge in [-0.15, -0.1) is 0 Å². The highest BCUT2D eigenvalue weighted by Crippen LogP contribution is 2.33. The van der Waals surface area contributed by atoms with Crippen LogP contribution in [0.2, 0.25) is 0 Å². The Kier molecular flexibility index (Phi) is 7.38. The molecule has 0 saturated heterocycles. The van der Waals surface area contributed by atoms with E-state index in [0.717, 1.165) is 26.0 Å². The molecule has 1 heterocycles. The Balaban J connectivity index is 1.49. The Morgan fingerprint density at radius 3 is 2.59 bits per heavy atom. The van der Waals surface area contributed by atoms with Gasteiger partial charge in [-0.05, 0) is 56.1 Å². The zero-order valence-corrected chi connectivity index (χ0v) is 18.3. The van der Waals surface area contributed by atoms with Gasteiger partial charge in [0.05, 0.1) is 16.5 Å². The summed E-state index contributed by atoms with van der Waals surface area (Å²) in [7, 11) is 0. The van der Waals surface area contributed by atoms with Crippen LogP contribution in [0.15, 0.2) is 18.3 Å². The molecule has 0 unspecified atom stereocenters. The van der Waals surface area contributed by atoms with Crippen molar-refractivity contribution in [2.45, 2.75) is 70.5 Å². The van der Waals surface area contributed by atoms with Gasteiger partial charge < -0.3 is 9.47 Å². The Labute approximate surface area is 186 Å². The van der Waals surface area contributed by atoms with Gasteiger partial charge in [-0.25, -0.2) is 0 Å². The lowest BCUT2D eigenvalue weighted by atomic mass is 9.89. The van der Waals surface area contributed by atoms with Crippen LogP contribution in [0.5, 0.6) is 5.75 Å². The second-order valence-corrected chi connectivity index (χ2v) is 9.18. The van der Waals surface area contributed by atoms with Crippen LogP contribution in [-0.2, 0) is 11.3 Å². The molecule has 0 aliphatic heterocycles. The third kappa shape index (κ3) is 6.47. The number of fused-ring (bicyclic) bond motifs is 1. The van der Waals surface area contributed by atoms with Gasteiger partial charge in [0.15, 0.2) is 12.4 Å². The average Bonchev–Trinajstić information content (AvgIpc) is 3.49. The summed E-state index contributed by atoms with van der Waals surface area (Å²) >= 11 is 0. The zero-order valence-electron chi connectivity index (χ0n) is 18.3. The van der Waals surface area contributed by atoms with E-state index in [-0.39, 0.29) is 23.5 Å². The van der Waals surface area contributed by atoms with E-state index in [9.17, 15) is 18.0 Å². The Bertz CT molecular complexity index is 915. The molecule has 4 rings (SSSR count). The maximum absolute atomic E-state index is 12.9. The minimum atomic E-state index is -4.49. The van der Waals surface area contributed by atoms with Gasteiger partial charge in [0.1, 0.15) is 5.75 Å². The van der Waals surface area contributed by atoms with Crippen LogP contribution >= 0.6 is 0 Å².